The van der Waals surface area contributed by atoms with E-state index in [1.807, 2.05) is 30.3 Å². The lowest BCUT2D eigenvalue weighted by molar-refractivity contribution is -0.123. The summed E-state index contributed by atoms with van der Waals surface area (Å²) in [5.41, 5.74) is 0.0232. The van der Waals surface area contributed by atoms with Crippen LogP contribution in [0.5, 0.6) is 5.75 Å². The van der Waals surface area contributed by atoms with Crippen molar-refractivity contribution in [1.29, 1.82) is 0 Å². The van der Waals surface area contributed by atoms with E-state index in [4.69, 9.17) is 4.74 Å². The number of carbonyl (C=O) groups excluding carboxylic acids is 2. The van der Waals surface area contributed by atoms with Gasteiger partial charge in [-0.3, -0.25) is 9.59 Å². The van der Waals surface area contributed by atoms with Crippen molar-refractivity contribution < 1.29 is 27.5 Å². The fourth-order valence-corrected chi connectivity index (χ4v) is 2.66. The number of anilines is 1. The molecule has 0 aliphatic rings. The normalized spacial score (nSPS) is 11.1. The molecule has 0 saturated carbocycles. The number of halogens is 3. The van der Waals surface area contributed by atoms with Crippen LogP contribution in [0.15, 0.2) is 66.7 Å². The number of alkyl halides is 3. The molecule has 29 heavy (non-hydrogen) atoms. The summed E-state index contributed by atoms with van der Waals surface area (Å²) in [6, 6.07) is 18.9. The van der Waals surface area contributed by atoms with E-state index in [-0.39, 0.29) is 17.9 Å². The third-order valence-electron chi connectivity index (χ3n) is 3.99. The van der Waals surface area contributed by atoms with Crippen LogP contribution in [0.3, 0.4) is 0 Å². The summed E-state index contributed by atoms with van der Waals surface area (Å²) in [5.74, 6) is -0.988. The zero-order chi connectivity index (χ0) is 20.9. The zero-order valence-electron chi connectivity index (χ0n) is 15.1. The van der Waals surface area contributed by atoms with Crippen LogP contribution < -0.4 is 15.4 Å². The standard InChI is InChI=1S/C21H17F3N2O3/c22-21(23,24)13-25-20(28)17-7-3-4-8-18(17)26-19(27)12-29-16-10-9-14-5-1-2-6-15(14)11-16/h1-11H,12-13H2,(H,25,28)(H,26,27). The maximum atomic E-state index is 12.3. The molecule has 0 aliphatic carbocycles. The van der Waals surface area contributed by atoms with Crippen LogP contribution in [0.4, 0.5) is 18.9 Å². The lowest BCUT2D eigenvalue weighted by atomic mass is 10.1. The molecule has 2 amide bonds. The maximum absolute atomic E-state index is 12.3. The van der Waals surface area contributed by atoms with Crippen LogP contribution >= 0.6 is 0 Å². The summed E-state index contributed by atoms with van der Waals surface area (Å²) in [7, 11) is 0. The molecule has 0 atom stereocenters. The smallest absolute Gasteiger partial charge is 0.405 e. The van der Waals surface area contributed by atoms with Gasteiger partial charge in [-0.05, 0) is 35.0 Å². The summed E-state index contributed by atoms with van der Waals surface area (Å²) in [5, 5.41) is 6.26. The van der Waals surface area contributed by atoms with Crippen LogP contribution in [0.25, 0.3) is 10.8 Å². The minimum Gasteiger partial charge on any atom is -0.484 e. The number of amides is 2. The average Bonchev–Trinajstić information content (AvgIpc) is 2.70. The van der Waals surface area contributed by atoms with Crippen molar-refractivity contribution in [1.82, 2.24) is 5.32 Å². The largest absolute Gasteiger partial charge is 0.484 e. The molecule has 2 N–H and O–H groups in total. The molecule has 150 valence electrons. The lowest BCUT2D eigenvalue weighted by Crippen LogP contribution is -2.34. The molecule has 3 aromatic carbocycles. The van der Waals surface area contributed by atoms with Crippen LogP contribution in [-0.4, -0.2) is 31.1 Å². The Balaban J connectivity index is 1.62. The van der Waals surface area contributed by atoms with E-state index in [1.165, 1.54) is 18.2 Å². The Bertz CT molecular complexity index is 1030. The van der Waals surface area contributed by atoms with Crippen molar-refractivity contribution in [3.05, 3.63) is 72.3 Å². The van der Waals surface area contributed by atoms with Crippen LogP contribution in [0.1, 0.15) is 10.4 Å². The number of hydrogen-bond acceptors (Lipinski definition) is 3. The minimum atomic E-state index is -4.53. The summed E-state index contributed by atoms with van der Waals surface area (Å²) in [6.45, 7) is -1.78. The van der Waals surface area contributed by atoms with Gasteiger partial charge in [0.15, 0.2) is 6.61 Å². The Morgan fingerprint density at radius 2 is 1.59 bits per heavy atom. The Labute approximate surface area is 164 Å². The summed E-state index contributed by atoms with van der Waals surface area (Å²) >= 11 is 0. The molecule has 3 rings (SSSR count). The van der Waals surface area contributed by atoms with E-state index < -0.39 is 24.5 Å². The first-order valence-electron chi connectivity index (χ1n) is 8.67. The Kier molecular flexibility index (Phi) is 6.01. The second kappa shape index (κ2) is 8.64. The van der Waals surface area contributed by atoms with Crippen LogP contribution in [0.2, 0.25) is 0 Å². The highest BCUT2D eigenvalue weighted by Gasteiger charge is 2.28. The van der Waals surface area contributed by atoms with E-state index in [9.17, 15) is 22.8 Å². The van der Waals surface area contributed by atoms with Gasteiger partial charge in [-0.25, -0.2) is 0 Å². The Morgan fingerprint density at radius 1 is 0.897 bits per heavy atom. The van der Waals surface area contributed by atoms with Gasteiger partial charge in [-0.2, -0.15) is 13.2 Å². The van der Waals surface area contributed by atoms with Gasteiger partial charge in [0.1, 0.15) is 12.3 Å². The summed E-state index contributed by atoms with van der Waals surface area (Å²) < 4.78 is 42.4. The van der Waals surface area contributed by atoms with Crippen molar-refractivity contribution in [2.24, 2.45) is 0 Å². The van der Waals surface area contributed by atoms with Gasteiger partial charge in [-0.1, -0.05) is 42.5 Å². The molecule has 0 saturated heterocycles. The second-order valence-corrected chi connectivity index (χ2v) is 6.19. The van der Waals surface area contributed by atoms with Gasteiger partial charge >= 0.3 is 6.18 Å². The fourth-order valence-electron chi connectivity index (χ4n) is 2.66. The summed E-state index contributed by atoms with van der Waals surface area (Å²) in [4.78, 5) is 24.2. The highest BCUT2D eigenvalue weighted by atomic mass is 19.4. The first-order chi connectivity index (χ1) is 13.8. The van der Waals surface area contributed by atoms with Gasteiger partial charge in [0.2, 0.25) is 0 Å². The van der Waals surface area contributed by atoms with Gasteiger partial charge < -0.3 is 15.4 Å². The van der Waals surface area contributed by atoms with Gasteiger partial charge in [0, 0.05) is 0 Å². The van der Waals surface area contributed by atoms with Gasteiger partial charge in [0.05, 0.1) is 11.3 Å². The monoisotopic (exact) mass is 402 g/mol. The number of nitrogens with one attached hydrogen (secondary N) is 2. The highest BCUT2D eigenvalue weighted by molar-refractivity contribution is 6.04. The third-order valence-corrected chi connectivity index (χ3v) is 3.99. The molecule has 0 aromatic heterocycles. The number of carbonyl (C=O) groups is 2. The number of fused-ring (bicyclic) bond motifs is 1. The minimum absolute atomic E-state index is 0.0733. The van der Waals surface area contributed by atoms with E-state index >= 15 is 0 Å². The van der Waals surface area contributed by atoms with Gasteiger partial charge in [0.25, 0.3) is 11.8 Å². The fraction of sp³-hybridized carbons (Fsp3) is 0.143. The third kappa shape index (κ3) is 5.71. The van der Waals surface area contributed by atoms with E-state index in [2.05, 4.69) is 5.32 Å². The Hall–Kier alpha value is -3.55. The predicted octanol–water partition coefficient (Wildman–Crippen LogP) is 4.15. The van der Waals surface area contributed by atoms with Crippen LogP contribution in [0, 0.1) is 0 Å². The average molecular weight is 402 g/mol. The first kappa shape index (κ1) is 20.2. The van der Waals surface area contributed by atoms with Crippen molar-refractivity contribution in [2.45, 2.75) is 6.18 Å². The molecule has 0 bridgehead atoms. The Morgan fingerprint density at radius 3 is 2.34 bits per heavy atom. The van der Waals surface area contributed by atoms with Crippen molar-refractivity contribution >= 4 is 28.3 Å². The molecule has 0 aliphatic heterocycles. The molecule has 0 unspecified atom stereocenters. The SMILES string of the molecule is O=C(COc1ccc2ccccc2c1)Nc1ccccc1C(=O)NCC(F)(F)F. The topological polar surface area (TPSA) is 67.4 Å². The van der Waals surface area contributed by atoms with Gasteiger partial charge in [-0.15, -0.1) is 0 Å². The zero-order valence-corrected chi connectivity index (χ0v) is 15.1. The van der Waals surface area contributed by atoms with Crippen LogP contribution in [-0.2, 0) is 4.79 Å². The number of hydrogen-bond donors (Lipinski definition) is 2. The van der Waals surface area contributed by atoms with Crippen molar-refractivity contribution in [2.75, 3.05) is 18.5 Å². The van der Waals surface area contributed by atoms with E-state index in [0.29, 0.717) is 5.75 Å². The molecule has 0 heterocycles. The van der Waals surface area contributed by atoms with Crippen molar-refractivity contribution in [3.63, 3.8) is 0 Å². The molecule has 0 spiro atoms. The molecule has 5 nitrogen and oxygen atoms in total. The molecular formula is C21H17F3N2O3. The number of benzene rings is 3. The predicted molar refractivity (Wildman–Crippen MR) is 103 cm³/mol. The quantitative estimate of drug-likeness (QED) is 0.651. The van der Waals surface area contributed by atoms with Crippen molar-refractivity contribution in [3.8, 4) is 5.75 Å². The molecule has 8 heteroatoms. The number of ether oxygens (including phenoxy) is 1. The second-order valence-electron chi connectivity index (χ2n) is 6.19. The molecule has 3 aromatic rings. The van der Waals surface area contributed by atoms with E-state index in [1.54, 1.807) is 23.5 Å². The van der Waals surface area contributed by atoms with E-state index in [0.717, 1.165) is 10.8 Å². The maximum Gasteiger partial charge on any atom is 0.405 e. The lowest BCUT2D eigenvalue weighted by Gasteiger charge is -2.13. The molecular weight excluding hydrogens is 385 g/mol. The molecule has 0 radical (unpaired) electrons. The highest BCUT2D eigenvalue weighted by Crippen LogP contribution is 2.21. The number of para-hydroxylation sites is 1. The summed E-state index contributed by atoms with van der Waals surface area (Å²) in [6.07, 6.45) is -4.53. The molecule has 0 fully saturated rings. The number of rotatable bonds is 6. The first-order valence-corrected chi connectivity index (χ1v) is 8.67.